The number of carbonyl (C=O) groups is 1. The summed E-state index contributed by atoms with van der Waals surface area (Å²) in [6, 6.07) is 1.32. The minimum atomic E-state index is -0.689. The van der Waals surface area contributed by atoms with Crippen LogP contribution in [0.1, 0.15) is 32.1 Å². The standard InChI is InChI=1S/C13H22N2O2S/c16-13(15-3-5-18(17)6-4-15)9-10-7-11-1-2-12(8-10)14-11/h10-12,14H,1-9H2. The van der Waals surface area contributed by atoms with Gasteiger partial charge in [-0.05, 0) is 31.6 Å². The van der Waals surface area contributed by atoms with Crippen molar-refractivity contribution >= 4 is 16.7 Å². The van der Waals surface area contributed by atoms with Gasteiger partial charge in [-0.15, -0.1) is 0 Å². The maximum atomic E-state index is 12.2. The first-order chi connectivity index (χ1) is 8.70. The number of nitrogens with one attached hydrogen (secondary N) is 1. The highest BCUT2D eigenvalue weighted by atomic mass is 32.2. The molecule has 0 aromatic carbocycles. The molecule has 1 amide bonds. The number of piperidine rings is 1. The molecule has 3 aliphatic heterocycles. The smallest absolute Gasteiger partial charge is 0.222 e. The normalized spacial score (nSPS) is 36.9. The van der Waals surface area contributed by atoms with E-state index in [4.69, 9.17) is 0 Å². The van der Waals surface area contributed by atoms with E-state index < -0.39 is 10.8 Å². The maximum Gasteiger partial charge on any atom is 0.222 e. The van der Waals surface area contributed by atoms with E-state index in [2.05, 4.69) is 5.32 Å². The minimum Gasteiger partial charge on any atom is -0.341 e. The number of nitrogens with zero attached hydrogens (tertiary/aromatic N) is 1. The molecule has 102 valence electrons. The van der Waals surface area contributed by atoms with Gasteiger partial charge >= 0.3 is 0 Å². The summed E-state index contributed by atoms with van der Waals surface area (Å²) in [6.07, 6.45) is 5.63. The lowest BCUT2D eigenvalue weighted by Crippen LogP contribution is -2.44. The molecule has 1 N–H and O–H groups in total. The Labute approximate surface area is 111 Å². The average Bonchev–Trinajstić information content (AvgIpc) is 2.69. The van der Waals surface area contributed by atoms with Crippen LogP contribution in [0.25, 0.3) is 0 Å². The Morgan fingerprint density at radius 2 is 1.78 bits per heavy atom. The first kappa shape index (κ1) is 12.6. The third-order valence-electron chi connectivity index (χ3n) is 4.56. The molecular formula is C13H22N2O2S. The Bertz CT molecular complexity index is 339. The third-order valence-corrected chi connectivity index (χ3v) is 5.84. The molecule has 3 fully saturated rings. The average molecular weight is 270 g/mol. The second kappa shape index (κ2) is 5.29. The molecule has 5 heteroatoms. The summed E-state index contributed by atoms with van der Waals surface area (Å²) >= 11 is 0. The van der Waals surface area contributed by atoms with Gasteiger partial charge in [0, 0.05) is 53.9 Å². The number of hydrogen-bond donors (Lipinski definition) is 1. The van der Waals surface area contributed by atoms with Crippen LogP contribution in [0.5, 0.6) is 0 Å². The van der Waals surface area contributed by atoms with Gasteiger partial charge in [0.15, 0.2) is 0 Å². The van der Waals surface area contributed by atoms with E-state index in [0.29, 0.717) is 49.0 Å². The zero-order valence-electron chi connectivity index (χ0n) is 10.8. The molecule has 0 radical (unpaired) electrons. The van der Waals surface area contributed by atoms with E-state index in [1.807, 2.05) is 4.90 Å². The predicted molar refractivity (Wildman–Crippen MR) is 71.7 cm³/mol. The van der Waals surface area contributed by atoms with Crippen molar-refractivity contribution in [3.05, 3.63) is 0 Å². The van der Waals surface area contributed by atoms with Crippen LogP contribution in [0.4, 0.5) is 0 Å². The third kappa shape index (κ3) is 2.77. The van der Waals surface area contributed by atoms with Crippen LogP contribution in [0.15, 0.2) is 0 Å². The Hall–Kier alpha value is -0.420. The number of rotatable bonds is 2. The molecule has 0 saturated carbocycles. The summed E-state index contributed by atoms with van der Waals surface area (Å²) < 4.78 is 11.3. The molecule has 0 spiro atoms. The largest absolute Gasteiger partial charge is 0.341 e. The Morgan fingerprint density at radius 1 is 1.17 bits per heavy atom. The summed E-state index contributed by atoms with van der Waals surface area (Å²) in [5.74, 6) is 2.20. The molecule has 3 aliphatic rings. The molecular weight excluding hydrogens is 248 g/mol. The Balaban J connectivity index is 1.50. The van der Waals surface area contributed by atoms with Crippen LogP contribution in [0.2, 0.25) is 0 Å². The van der Waals surface area contributed by atoms with Crippen molar-refractivity contribution in [2.24, 2.45) is 5.92 Å². The number of fused-ring (bicyclic) bond motifs is 2. The van der Waals surface area contributed by atoms with E-state index in [1.54, 1.807) is 0 Å². The van der Waals surface area contributed by atoms with E-state index in [9.17, 15) is 9.00 Å². The van der Waals surface area contributed by atoms with Crippen molar-refractivity contribution in [3.63, 3.8) is 0 Å². The fourth-order valence-electron chi connectivity index (χ4n) is 3.61. The molecule has 0 aromatic heterocycles. The molecule has 3 saturated heterocycles. The molecule has 2 unspecified atom stereocenters. The molecule has 3 rings (SSSR count). The van der Waals surface area contributed by atoms with Crippen molar-refractivity contribution in [2.45, 2.75) is 44.2 Å². The van der Waals surface area contributed by atoms with Crippen LogP contribution in [0, 0.1) is 5.92 Å². The van der Waals surface area contributed by atoms with Gasteiger partial charge in [0.05, 0.1) is 0 Å². The number of carbonyl (C=O) groups excluding carboxylic acids is 1. The van der Waals surface area contributed by atoms with Crippen molar-refractivity contribution in [1.29, 1.82) is 0 Å². The van der Waals surface area contributed by atoms with Crippen LogP contribution in [0.3, 0.4) is 0 Å². The quantitative estimate of drug-likeness (QED) is 0.795. The van der Waals surface area contributed by atoms with E-state index >= 15 is 0 Å². The van der Waals surface area contributed by atoms with Crippen LogP contribution >= 0.6 is 0 Å². The number of hydrogen-bond acceptors (Lipinski definition) is 3. The summed E-state index contributed by atoms with van der Waals surface area (Å²) in [6.45, 7) is 1.40. The molecule has 2 bridgehead atoms. The lowest BCUT2D eigenvalue weighted by atomic mass is 9.89. The van der Waals surface area contributed by atoms with E-state index in [0.717, 1.165) is 0 Å². The van der Waals surface area contributed by atoms with Crippen molar-refractivity contribution < 1.29 is 9.00 Å². The highest BCUT2D eigenvalue weighted by molar-refractivity contribution is 7.85. The molecule has 18 heavy (non-hydrogen) atoms. The highest BCUT2D eigenvalue weighted by Crippen LogP contribution is 2.33. The number of amides is 1. The molecule has 4 nitrogen and oxygen atoms in total. The first-order valence-electron chi connectivity index (χ1n) is 7.09. The van der Waals surface area contributed by atoms with Crippen molar-refractivity contribution in [1.82, 2.24) is 10.2 Å². The van der Waals surface area contributed by atoms with Gasteiger partial charge in [-0.2, -0.15) is 0 Å². The Morgan fingerprint density at radius 3 is 2.39 bits per heavy atom. The van der Waals surface area contributed by atoms with Gasteiger partial charge < -0.3 is 10.2 Å². The van der Waals surface area contributed by atoms with Crippen LogP contribution < -0.4 is 5.32 Å². The zero-order chi connectivity index (χ0) is 12.5. The molecule has 0 aromatic rings. The monoisotopic (exact) mass is 270 g/mol. The molecule has 2 atom stereocenters. The minimum absolute atomic E-state index is 0.290. The second-order valence-corrected chi connectivity index (χ2v) is 7.60. The van der Waals surface area contributed by atoms with Gasteiger partial charge in [0.1, 0.15) is 0 Å². The summed E-state index contributed by atoms with van der Waals surface area (Å²) in [7, 11) is -0.689. The van der Waals surface area contributed by atoms with Crippen LogP contribution in [-0.4, -0.2) is 51.7 Å². The predicted octanol–water partition coefficient (Wildman–Crippen LogP) is 0.498. The fraction of sp³-hybridized carbons (Fsp3) is 0.923. The van der Waals surface area contributed by atoms with Crippen molar-refractivity contribution in [2.75, 3.05) is 24.6 Å². The van der Waals surface area contributed by atoms with E-state index in [-0.39, 0.29) is 5.91 Å². The Kier molecular flexibility index (Phi) is 3.71. The summed E-state index contributed by atoms with van der Waals surface area (Å²) in [5, 5.41) is 3.61. The lowest BCUT2D eigenvalue weighted by Gasteiger charge is -2.32. The fourth-order valence-corrected chi connectivity index (χ4v) is 4.66. The molecule has 0 aliphatic carbocycles. The SMILES string of the molecule is O=C(CC1CC2CCC(C1)N2)N1CCS(=O)CC1. The summed E-state index contributed by atoms with van der Waals surface area (Å²) in [4.78, 5) is 14.1. The van der Waals surface area contributed by atoms with Gasteiger partial charge in [-0.1, -0.05) is 0 Å². The summed E-state index contributed by atoms with van der Waals surface area (Å²) in [5.41, 5.74) is 0. The lowest BCUT2D eigenvalue weighted by molar-refractivity contribution is -0.132. The second-order valence-electron chi connectivity index (χ2n) is 5.91. The zero-order valence-corrected chi connectivity index (χ0v) is 11.6. The van der Waals surface area contributed by atoms with Crippen molar-refractivity contribution in [3.8, 4) is 0 Å². The van der Waals surface area contributed by atoms with Gasteiger partial charge in [0.2, 0.25) is 5.91 Å². The van der Waals surface area contributed by atoms with Gasteiger partial charge in [0.25, 0.3) is 0 Å². The maximum absolute atomic E-state index is 12.2. The highest BCUT2D eigenvalue weighted by Gasteiger charge is 2.35. The molecule has 3 heterocycles. The van der Waals surface area contributed by atoms with E-state index in [1.165, 1.54) is 25.7 Å². The topological polar surface area (TPSA) is 49.4 Å². The van der Waals surface area contributed by atoms with Crippen LogP contribution in [-0.2, 0) is 15.6 Å². The van der Waals surface area contributed by atoms with Gasteiger partial charge in [-0.25, -0.2) is 0 Å². The van der Waals surface area contributed by atoms with Gasteiger partial charge in [-0.3, -0.25) is 9.00 Å². The first-order valence-corrected chi connectivity index (χ1v) is 8.58.